The molecule has 0 radical (unpaired) electrons. The maximum Gasteiger partial charge on any atom is 0.0719 e. The molecule has 2 atom stereocenters. The molecule has 0 bridgehead atoms. The van der Waals surface area contributed by atoms with Crippen molar-refractivity contribution in [3.05, 3.63) is 41.0 Å². The average molecular weight is 249 g/mol. The summed E-state index contributed by atoms with van der Waals surface area (Å²) in [6, 6.07) is 8.05. The number of benzene rings is 1. The number of aromatic nitrogens is 1. The third kappa shape index (κ3) is 2.43. The monoisotopic (exact) mass is 248 g/mol. The van der Waals surface area contributed by atoms with Crippen molar-refractivity contribution in [1.29, 1.82) is 0 Å². The van der Waals surface area contributed by atoms with E-state index in [2.05, 4.69) is 24.9 Å². The minimum absolute atomic E-state index is 0.177. The summed E-state index contributed by atoms with van der Waals surface area (Å²) in [4.78, 5) is 4.34. The van der Waals surface area contributed by atoms with Gasteiger partial charge in [0.15, 0.2) is 0 Å². The molecule has 0 amide bonds. The molecule has 0 saturated heterocycles. The van der Waals surface area contributed by atoms with E-state index < -0.39 is 0 Å². The lowest BCUT2D eigenvalue weighted by Crippen LogP contribution is -2.25. The first-order valence-corrected chi connectivity index (χ1v) is 6.31. The molecule has 0 spiro atoms. The maximum atomic E-state index is 6.12. The summed E-state index contributed by atoms with van der Waals surface area (Å²) >= 11 is 5.98. The summed E-state index contributed by atoms with van der Waals surface area (Å²) in [6.45, 7) is 4.28. The molecule has 2 rings (SSSR count). The molecule has 0 aliphatic carbocycles. The smallest absolute Gasteiger partial charge is 0.0719 e. The van der Waals surface area contributed by atoms with Gasteiger partial charge in [0, 0.05) is 22.6 Å². The van der Waals surface area contributed by atoms with E-state index >= 15 is 0 Å². The van der Waals surface area contributed by atoms with Gasteiger partial charge in [-0.3, -0.25) is 4.98 Å². The highest BCUT2D eigenvalue weighted by molar-refractivity contribution is 6.31. The number of halogens is 1. The summed E-state index contributed by atoms with van der Waals surface area (Å²) in [5, 5.41) is 1.86. The van der Waals surface area contributed by atoms with Crippen molar-refractivity contribution in [3.63, 3.8) is 0 Å². The molecule has 2 N–H and O–H groups in total. The maximum absolute atomic E-state index is 6.12. The molecule has 0 fully saturated rings. The molecule has 2 aromatic rings. The summed E-state index contributed by atoms with van der Waals surface area (Å²) in [7, 11) is 0. The van der Waals surface area contributed by atoms with E-state index in [1.165, 1.54) is 5.56 Å². The van der Waals surface area contributed by atoms with Gasteiger partial charge in [0.2, 0.25) is 0 Å². The third-order valence-electron chi connectivity index (χ3n) is 3.34. The summed E-state index contributed by atoms with van der Waals surface area (Å²) in [5.74, 6) is 0.326. The van der Waals surface area contributed by atoms with Crippen LogP contribution in [0.15, 0.2) is 30.5 Å². The van der Waals surface area contributed by atoms with Gasteiger partial charge in [-0.15, -0.1) is 0 Å². The Kier molecular flexibility index (Phi) is 3.65. The Bertz CT molecular complexity index is 525. The molecule has 3 heteroatoms. The normalized spacial score (nSPS) is 14.8. The first-order chi connectivity index (χ1) is 8.13. The van der Waals surface area contributed by atoms with E-state index in [1.807, 2.05) is 24.4 Å². The van der Waals surface area contributed by atoms with E-state index in [0.717, 1.165) is 22.3 Å². The van der Waals surface area contributed by atoms with E-state index in [9.17, 15) is 0 Å². The van der Waals surface area contributed by atoms with E-state index in [0.29, 0.717) is 5.92 Å². The fourth-order valence-corrected chi connectivity index (χ4v) is 2.29. The molecule has 17 heavy (non-hydrogen) atoms. The molecule has 1 heterocycles. The Hall–Kier alpha value is -1.12. The molecular formula is C14H17ClN2. The van der Waals surface area contributed by atoms with Crippen LogP contribution in [0.4, 0.5) is 0 Å². The molecule has 0 aliphatic rings. The van der Waals surface area contributed by atoms with Gasteiger partial charge in [0.25, 0.3) is 0 Å². The Morgan fingerprint density at radius 1 is 1.35 bits per heavy atom. The molecule has 0 saturated carbocycles. The first kappa shape index (κ1) is 12.3. The fourth-order valence-electron chi connectivity index (χ4n) is 2.12. The van der Waals surface area contributed by atoms with E-state index in [4.69, 9.17) is 17.3 Å². The zero-order valence-corrected chi connectivity index (χ0v) is 10.9. The predicted octanol–water partition coefficient (Wildman–Crippen LogP) is 3.73. The number of rotatable bonds is 3. The minimum Gasteiger partial charge on any atom is -0.327 e. The predicted molar refractivity (Wildman–Crippen MR) is 73.4 cm³/mol. The molecule has 2 unspecified atom stereocenters. The van der Waals surface area contributed by atoms with Gasteiger partial charge in [-0.25, -0.2) is 0 Å². The number of nitrogens with two attached hydrogens (primary N) is 1. The van der Waals surface area contributed by atoms with Gasteiger partial charge in [0.05, 0.1) is 5.52 Å². The van der Waals surface area contributed by atoms with Gasteiger partial charge in [0.1, 0.15) is 0 Å². The largest absolute Gasteiger partial charge is 0.327 e. The van der Waals surface area contributed by atoms with Gasteiger partial charge < -0.3 is 5.73 Å². The highest BCUT2D eigenvalue weighted by Gasteiger charge is 2.15. The van der Waals surface area contributed by atoms with Crippen LogP contribution >= 0.6 is 11.6 Å². The van der Waals surface area contributed by atoms with Crippen LogP contribution in [-0.2, 0) is 0 Å². The lowest BCUT2D eigenvalue weighted by Gasteiger charge is -2.20. The highest BCUT2D eigenvalue weighted by Crippen LogP contribution is 2.28. The zero-order valence-electron chi connectivity index (χ0n) is 10.2. The Balaban J connectivity index is 2.54. The zero-order chi connectivity index (χ0) is 12.4. The van der Waals surface area contributed by atoms with Crippen molar-refractivity contribution in [2.45, 2.75) is 32.2 Å². The van der Waals surface area contributed by atoms with Gasteiger partial charge >= 0.3 is 0 Å². The van der Waals surface area contributed by atoms with Crippen LogP contribution in [0.5, 0.6) is 0 Å². The van der Waals surface area contributed by atoms with E-state index in [-0.39, 0.29) is 6.04 Å². The van der Waals surface area contributed by atoms with Crippen molar-refractivity contribution in [2.75, 3.05) is 0 Å². The molecule has 1 aromatic heterocycles. The van der Waals surface area contributed by atoms with Crippen LogP contribution in [0, 0.1) is 0 Å². The van der Waals surface area contributed by atoms with Crippen molar-refractivity contribution in [3.8, 4) is 0 Å². The lowest BCUT2D eigenvalue weighted by molar-refractivity contribution is 0.554. The summed E-state index contributed by atoms with van der Waals surface area (Å²) in [6.07, 6.45) is 2.80. The quantitative estimate of drug-likeness (QED) is 0.899. The molecular weight excluding hydrogens is 232 g/mol. The number of nitrogens with zero attached hydrogens (tertiary/aromatic N) is 1. The fraction of sp³-hybridized carbons (Fsp3) is 0.357. The second-order valence-corrected chi connectivity index (χ2v) is 4.86. The molecule has 90 valence electrons. The summed E-state index contributed by atoms with van der Waals surface area (Å²) in [5.41, 5.74) is 8.31. The second kappa shape index (κ2) is 5.03. The highest BCUT2D eigenvalue weighted by atomic mass is 35.5. The Morgan fingerprint density at radius 2 is 2.12 bits per heavy atom. The van der Waals surface area contributed by atoms with Crippen molar-refractivity contribution in [2.24, 2.45) is 5.73 Å². The summed E-state index contributed by atoms with van der Waals surface area (Å²) < 4.78 is 0. The number of hydrogen-bond donors (Lipinski definition) is 1. The first-order valence-electron chi connectivity index (χ1n) is 5.93. The SMILES string of the molecule is CCC(N)C(C)c1ccnc2cc(Cl)ccc12. The number of hydrogen-bond acceptors (Lipinski definition) is 2. The molecule has 2 nitrogen and oxygen atoms in total. The average Bonchev–Trinajstić information content (AvgIpc) is 2.35. The van der Waals surface area contributed by atoms with E-state index in [1.54, 1.807) is 0 Å². The number of pyridine rings is 1. The standard InChI is InChI=1S/C14H17ClN2/c1-3-13(16)9(2)11-6-7-17-14-8-10(15)4-5-12(11)14/h4-9,13H,3,16H2,1-2H3. The van der Waals surface area contributed by atoms with Gasteiger partial charge in [-0.1, -0.05) is 31.5 Å². The minimum atomic E-state index is 0.177. The molecule has 0 aliphatic heterocycles. The van der Waals surface area contributed by atoms with Gasteiger partial charge in [-0.2, -0.15) is 0 Å². The van der Waals surface area contributed by atoms with Crippen LogP contribution < -0.4 is 5.73 Å². The molecule has 1 aromatic carbocycles. The second-order valence-electron chi connectivity index (χ2n) is 4.42. The van der Waals surface area contributed by atoms with Crippen molar-refractivity contribution >= 4 is 22.5 Å². The van der Waals surface area contributed by atoms with Crippen molar-refractivity contribution in [1.82, 2.24) is 4.98 Å². The van der Waals surface area contributed by atoms with Crippen LogP contribution in [0.3, 0.4) is 0 Å². The number of fused-ring (bicyclic) bond motifs is 1. The van der Waals surface area contributed by atoms with Crippen LogP contribution in [0.1, 0.15) is 31.7 Å². The Labute approximate surface area is 107 Å². The van der Waals surface area contributed by atoms with Crippen molar-refractivity contribution < 1.29 is 0 Å². The van der Waals surface area contributed by atoms with Crippen LogP contribution in [0.2, 0.25) is 5.02 Å². The Morgan fingerprint density at radius 3 is 2.82 bits per heavy atom. The lowest BCUT2D eigenvalue weighted by atomic mass is 9.90. The van der Waals surface area contributed by atoms with Crippen LogP contribution in [0.25, 0.3) is 10.9 Å². The third-order valence-corrected chi connectivity index (χ3v) is 3.58. The van der Waals surface area contributed by atoms with Crippen LogP contribution in [-0.4, -0.2) is 11.0 Å². The van der Waals surface area contributed by atoms with Gasteiger partial charge in [-0.05, 0) is 36.1 Å². The topological polar surface area (TPSA) is 38.9 Å².